The zero-order valence-electron chi connectivity index (χ0n) is 14.5. The summed E-state index contributed by atoms with van der Waals surface area (Å²) in [5.74, 6) is 0.842. The highest BCUT2D eigenvalue weighted by Gasteiger charge is 2.42. The van der Waals surface area contributed by atoms with Gasteiger partial charge in [-0.15, -0.1) is 0 Å². The predicted molar refractivity (Wildman–Crippen MR) is 94.9 cm³/mol. The first kappa shape index (κ1) is 16.3. The molecule has 0 aromatic heterocycles. The first-order valence-electron chi connectivity index (χ1n) is 8.38. The summed E-state index contributed by atoms with van der Waals surface area (Å²) in [6.45, 7) is 6.39. The molecule has 0 bridgehead atoms. The third kappa shape index (κ3) is 2.96. The number of methoxy groups -OCH3 is 1. The van der Waals surface area contributed by atoms with Crippen molar-refractivity contribution in [2.45, 2.75) is 56.8 Å². The van der Waals surface area contributed by atoms with E-state index in [2.05, 4.69) is 43.9 Å². The number of fused-ring (bicyclic) bond motifs is 2. The predicted octanol–water partition coefficient (Wildman–Crippen LogP) is 4.65. The van der Waals surface area contributed by atoms with Crippen LogP contribution in [0.3, 0.4) is 0 Å². The molecule has 1 aromatic carbocycles. The van der Waals surface area contributed by atoms with Crippen LogP contribution in [0, 0.1) is 11.3 Å². The quantitative estimate of drug-likeness (QED) is 0.756. The molecule has 3 nitrogen and oxygen atoms in total. The number of nitrogens with zero attached hydrogens (tertiary/aromatic N) is 1. The summed E-state index contributed by atoms with van der Waals surface area (Å²) in [5.41, 5.74) is 3.65. The minimum Gasteiger partial charge on any atom is -0.497 e. The van der Waals surface area contributed by atoms with Gasteiger partial charge >= 0.3 is 0 Å². The Morgan fingerprint density at radius 3 is 2.48 bits per heavy atom. The molecule has 1 spiro atoms. The van der Waals surface area contributed by atoms with E-state index in [0.29, 0.717) is 0 Å². The molecule has 4 heteroatoms. The fourth-order valence-electron chi connectivity index (χ4n) is 3.93. The van der Waals surface area contributed by atoms with Crippen LogP contribution in [0.2, 0.25) is 19.6 Å². The molecule has 2 aliphatic rings. The topological polar surface area (TPSA) is 42.2 Å². The first-order chi connectivity index (χ1) is 10.9. The van der Waals surface area contributed by atoms with E-state index in [1.807, 2.05) is 6.07 Å². The van der Waals surface area contributed by atoms with Gasteiger partial charge in [0.1, 0.15) is 5.75 Å². The molecule has 0 saturated heterocycles. The zero-order valence-corrected chi connectivity index (χ0v) is 15.5. The number of rotatable bonds is 4. The molecule has 1 fully saturated rings. The van der Waals surface area contributed by atoms with Gasteiger partial charge < -0.3 is 9.16 Å². The van der Waals surface area contributed by atoms with Crippen LogP contribution < -0.4 is 4.74 Å². The smallest absolute Gasteiger partial charge is 0.186 e. The second-order valence-corrected chi connectivity index (χ2v) is 12.1. The maximum absolute atomic E-state index is 9.71. The van der Waals surface area contributed by atoms with Crippen LogP contribution in [0.25, 0.3) is 5.57 Å². The molecule has 1 unspecified atom stereocenters. The summed E-state index contributed by atoms with van der Waals surface area (Å²) < 4.78 is 11.6. The standard InChI is InChI=1S/C19H25NO2Si/c1-21-14-7-8-17-15(11-14)16(12-19(17)9-5-6-10-19)18(13-20)22-23(2,3)4/h7-8,11-12,18H,5-6,9-10H2,1-4H3. The van der Waals surface area contributed by atoms with Crippen molar-refractivity contribution >= 4 is 13.9 Å². The van der Waals surface area contributed by atoms with Crippen molar-refractivity contribution in [3.05, 3.63) is 35.4 Å². The van der Waals surface area contributed by atoms with E-state index < -0.39 is 14.4 Å². The molecule has 0 radical (unpaired) electrons. The summed E-state index contributed by atoms with van der Waals surface area (Å²) in [6.07, 6.45) is 6.69. The maximum atomic E-state index is 9.71. The van der Waals surface area contributed by atoms with E-state index in [-0.39, 0.29) is 5.41 Å². The third-order valence-corrected chi connectivity index (χ3v) is 5.82. The van der Waals surface area contributed by atoms with Gasteiger partial charge in [-0.3, -0.25) is 0 Å². The van der Waals surface area contributed by atoms with E-state index in [9.17, 15) is 5.26 Å². The molecule has 122 valence electrons. The van der Waals surface area contributed by atoms with E-state index in [1.165, 1.54) is 31.2 Å². The number of allylic oxidation sites excluding steroid dienone is 1. The lowest BCUT2D eigenvalue weighted by molar-refractivity contribution is 0.304. The molecule has 1 atom stereocenters. The number of nitriles is 1. The first-order valence-corrected chi connectivity index (χ1v) is 11.8. The largest absolute Gasteiger partial charge is 0.497 e. The van der Waals surface area contributed by atoms with Crippen LogP contribution in [0.15, 0.2) is 24.3 Å². The molecule has 1 aromatic rings. The van der Waals surface area contributed by atoms with Gasteiger partial charge in [-0.05, 0) is 61.3 Å². The Hall–Kier alpha value is -1.57. The van der Waals surface area contributed by atoms with E-state index >= 15 is 0 Å². The molecular formula is C19H25NO2Si. The average molecular weight is 328 g/mol. The van der Waals surface area contributed by atoms with E-state index in [0.717, 1.165) is 16.9 Å². The SMILES string of the molecule is COc1ccc2c(c1)C(C(C#N)O[Si](C)(C)C)=CC21CCCC1. The molecule has 2 aliphatic carbocycles. The highest BCUT2D eigenvalue weighted by atomic mass is 28.4. The summed E-state index contributed by atoms with van der Waals surface area (Å²) in [5, 5.41) is 9.71. The molecule has 3 rings (SSSR count). The van der Waals surface area contributed by atoms with Gasteiger partial charge in [-0.2, -0.15) is 5.26 Å². The molecule has 0 amide bonds. The van der Waals surface area contributed by atoms with Gasteiger partial charge in [0, 0.05) is 5.41 Å². The third-order valence-electron chi connectivity index (χ3n) is 4.87. The summed E-state index contributed by atoms with van der Waals surface area (Å²) >= 11 is 0. The summed E-state index contributed by atoms with van der Waals surface area (Å²) in [4.78, 5) is 0. The number of hydrogen-bond acceptors (Lipinski definition) is 3. The molecule has 1 saturated carbocycles. The van der Waals surface area contributed by atoms with Crippen LogP contribution in [0.5, 0.6) is 5.75 Å². The fraction of sp³-hybridized carbons (Fsp3) is 0.526. The highest BCUT2D eigenvalue weighted by Crippen LogP contribution is 2.52. The summed E-state index contributed by atoms with van der Waals surface area (Å²) in [7, 11) is -0.111. The summed E-state index contributed by atoms with van der Waals surface area (Å²) in [6, 6.07) is 8.69. The van der Waals surface area contributed by atoms with Gasteiger partial charge in [0.05, 0.1) is 13.2 Å². The lowest BCUT2D eigenvalue weighted by Crippen LogP contribution is -2.31. The van der Waals surface area contributed by atoms with Crippen molar-refractivity contribution in [1.82, 2.24) is 0 Å². The van der Waals surface area contributed by atoms with Gasteiger partial charge in [0.15, 0.2) is 14.4 Å². The van der Waals surface area contributed by atoms with Crippen molar-refractivity contribution in [2.24, 2.45) is 0 Å². The Labute approximate surface area is 140 Å². The number of benzene rings is 1. The van der Waals surface area contributed by atoms with Crippen LogP contribution in [-0.2, 0) is 9.84 Å². The second kappa shape index (κ2) is 5.81. The lowest BCUT2D eigenvalue weighted by Gasteiger charge is -2.23. The van der Waals surface area contributed by atoms with Crippen molar-refractivity contribution in [3.63, 3.8) is 0 Å². The van der Waals surface area contributed by atoms with Crippen LogP contribution >= 0.6 is 0 Å². The van der Waals surface area contributed by atoms with Crippen molar-refractivity contribution in [1.29, 1.82) is 5.26 Å². The normalized spacial score (nSPS) is 20.0. The minimum atomic E-state index is -1.80. The molecule has 0 heterocycles. The van der Waals surface area contributed by atoms with E-state index in [1.54, 1.807) is 7.11 Å². The second-order valence-electron chi connectivity index (χ2n) is 7.61. The fourth-order valence-corrected chi connectivity index (χ4v) is 4.81. The minimum absolute atomic E-state index is 0.106. The van der Waals surface area contributed by atoms with Crippen molar-refractivity contribution in [3.8, 4) is 11.8 Å². The van der Waals surface area contributed by atoms with E-state index in [4.69, 9.17) is 9.16 Å². The monoisotopic (exact) mass is 327 g/mol. The molecular weight excluding hydrogens is 302 g/mol. The van der Waals surface area contributed by atoms with Gasteiger partial charge in [-0.1, -0.05) is 25.0 Å². The molecule has 23 heavy (non-hydrogen) atoms. The van der Waals surface area contributed by atoms with Crippen molar-refractivity contribution < 1.29 is 9.16 Å². The van der Waals surface area contributed by atoms with Crippen LogP contribution in [0.1, 0.15) is 36.8 Å². The Bertz CT molecular complexity index is 676. The Kier molecular flexibility index (Phi) is 4.12. The maximum Gasteiger partial charge on any atom is 0.186 e. The van der Waals surface area contributed by atoms with Crippen LogP contribution in [0.4, 0.5) is 0 Å². The average Bonchev–Trinajstić information content (AvgIpc) is 3.10. The van der Waals surface area contributed by atoms with Gasteiger partial charge in [-0.25, -0.2) is 0 Å². The Morgan fingerprint density at radius 1 is 1.22 bits per heavy atom. The molecule has 0 aliphatic heterocycles. The van der Waals surface area contributed by atoms with Gasteiger partial charge in [0.2, 0.25) is 0 Å². The number of ether oxygens (including phenoxy) is 1. The lowest BCUT2D eigenvalue weighted by atomic mass is 9.81. The highest BCUT2D eigenvalue weighted by molar-refractivity contribution is 6.69. The van der Waals surface area contributed by atoms with Gasteiger partial charge in [0.25, 0.3) is 0 Å². The number of hydrogen-bond donors (Lipinski definition) is 0. The van der Waals surface area contributed by atoms with Crippen molar-refractivity contribution in [2.75, 3.05) is 7.11 Å². The van der Waals surface area contributed by atoms with Crippen LogP contribution in [-0.4, -0.2) is 21.5 Å². The molecule has 0 N–H and O–H groups in total. The zero-order chi connectivity index (χ0) is 16.7. The Morgan fingerprint density at radius 2 is 1.91 bits per heavy atom. The Balaban J connectivity index is 2.08.